The summed E-state index contributed by atoms with van der Waals surface area (Å²) in [5.41, 5.74) is 5.36. The Morgan fingerprint density at radius 3 is 2.35 bits per heavy atom. The van der Waals surface area contributed by atoms with E-state index in [2.05, 4.69) is 33.5 Å². The highest BCUT2D eigenvalue weighted by Gasteiger charge is 2.16. The summed E-state index contributed by atoms with van der Waals surface area (Å²) in [6.07, 6.45) is 5.21. The monoisotopic (exact) mass is 492 g/mol. The number of aliphatic hydroxyl groups is 2. The van der Waals surface area contributed by atoms with Crippen molar-refractivity contribution in [2.75, 3.05) is 36.5 Å². The maximum atomic E-state index is 9.46. The van der Waals surface area contributed by atoms with E-state index in [-0.39, 0.29) is 13.2 Å². The molecule has 3 heterocycles. The number of hydrogen-bond acceptors (Lipinski definition) is 8. The third kappa shape index (κ3) is 5.55. The second-order valence-corrected chi connectivity index (χ2v) is 8.50. The molecule has 0 spiro atoms. The van der Waals surface area contributed by atoms with E-state index in [0.29, 0.717) is 31.3 Å². The molecule has 0 saturated carbocycles. The number of nitrogens with zero attached hydrogens (tertiary/aromatic N) is 5. The summed E-state index contributed by atoms with van der Waals surface area (Å²) < 4.78 is 0. The summed E-state index contributed by atoms with van der Waals surface area (Å²) in [4.78, 5) is 20.6. The molecule has 186 valence electrons. The molecule has 2 aromatic carbocycles. The Labute approximate surface area is 215 Å². The highest BCUT2D eigenvalue weighted by Crippen LogP contribution is 2.34. The molecule has 0 unspecified atom stereocenters. The lowest BCUT2D eigenvalue weighted by atomic mass is 10.0. The number of anilines is 2. The van der Waals surface area contributed by atoms with Crippen LogP contribution in [0.5, 0.6) is 0 Å². The van der Waals surface area contributed by atoms with Gasteiger partial charge in [0.1, 0.15) is 5.82 Å². The fraction of sp³-hybridized carbons (Fsp3) is 0.172. The Balaban J connectivity index is 1.62. The summed E-state index contributed by atoms with van der Waals surface area (Å²) in [6.45, 7) is 1.23. The van der Waals surface area contributed by atoms with Crippen molar-refractivity contribution >= 4 is 22.4 Å². The van der Waals surface area contributed by atoms with E-state index in [4.69, 9.17) is 9.97 Å². The van der Waals surface area contributed by atoms with Gasteiger partial charge in [-0.25, -0.2) is 9.97 Å². The van der Waals surface area contributed by atoms with Crippen molar-refractivity contribution in [1.82, 2.24) is 19.9 Å². The lowest BCUT2D eigenvalue weighted by molar-refractivity contribution is 0.281. The van der Waals surface area contributed by atoms with Crippen molar-refractivity contribution in [2.24, 2.45) is 0 Å². The zero-order chi connectivity index (χ0) is 25.5. The fourth-order valence-electron chi connectivity index (χ4n) is 4.31. The molecule has 37 heavy (non-hydrogen) atoms. The molecule has 0 aliphatic rings. The zero-order valence-corrected chi connectivity index (χ0v) is 20.3. The third-order valence-corrected chi connectivity index (χ3v) is 6.06. The van der Waals surface area contributed by atoms with Gasteiger partial charge in [-0.05, 0) is 35.4 Å². The minimum Gasteiger partial charge on any atom is -0.395 e. The molecule has 3 aromatic heterocycles. The van der Waals surface area contributed by atoms with Gasteiger partial charge < -0.3 is 20.4 Å². The molecular weight excluding hydrogens is 464 g/mol. The zero-order valence-electron chi connectivity index (χ0n) is 20.3. The SMILES string of the molecule is OCCN(CCO)c1cncc(-c2nc(NCc3ccccn3)c3c(-c4ccccc4)cccc3n2)c1. The first-order valence-electron chi connectivity index (χ1n) is 12.2. The Morgan fingerprint density at radius 2 is 1.59 bits per heavy atom. The van der Waals surface area contributed by atoms with Crippen LogP contribution >= 0.6 is 0 Å². The summed E-state index contributed by atoms with van der Waals surface area (Å²) in [5.74, 6) is 1.24. The molecule has 0 radical (unpaired) electrons. The smallest absolute Gasteiger partial charge is 0.163 e. The molecule has 0 atom stereocenters. The van der Waals surface area contributed by atoms with Gasteiger partial charge in [0.25, 0.3) is 0 Å². The number of rotatable bonds is 10. The van der Waals surface area contributed by atoms with E-state index in [1.54, 1.807) is 18.6 Å². The Hall–Kier alpha value is -4.40. The van der Waals surface area contributed by atoms with Gasteiger partial charge in [0.05, 0.1) is 48.2 Å². The van der Waals surface area contributed by atoms with Crippen molar-refractivity contribution in [3.63, 3.8) is 0 Å². The predicted octanol–water partition coefficient (Wildman–Crippen LogP) is 4.16. The highest BCUT2D eigenvalue weighted by atomic mass is 16.3. The molecule has 8 nitrogen and oxygen atoms in total. The van der Waals surface area contributed by atoms with Crippen LogP contribution in [0.3, 0.4) is 0 Å². The van der Waals surface area contributed by atoms with Crippen LogP contribution in [0, 0.1) is 0 Å². The van der Waals surface area contributed by atoms with Crippen molar-refractivity contribution < 1.29 is 10.2 Å². The van der Waals surface area contributed by atoms with Crippen molar-refractivity contribution in [1.29, 1.82) is 0 Å². The van der Waals surface area contributed by atoms with Crippen LogP contribution in [-0.4, -0.2) is 56.5 Å². The van der Waals surface area contributed by atoms with Crippen LogP contribution in [0.1, 0.15) is 5.69 Å². The minimum atomic E-state index is -0.0272. The molecule has 5 rings (SSSR count). The number of aromatic nitrogens is 4. The van der Waals surface area contributed by atoms with Crippen LogP contribution < -0.4 is 10.2 Å². The first-order chi connectivity index (χ1) is 18.3. The van der Waals surface area contributed by atoms with E-state index >= 15 is 0 Å². The summed E-state index contributed by atoms with van der Waals surface area (Å²) in [6, 6.07) is 24.0. The van der Waals surface area contributed by atoms with E-state index in [0.717, 1.165) is 39.0 Å². The Kier molecular flexibility index (Phi) is 7.59. The van der Waals surface area contributed by atoms with Crippen LogP contribution in [-0.2, 0) is 6.54 Å². The second kappa shape index (κ2) is 11.6. The van der Waals surface area contributed by atoms with Gasteiger partial charge >= 0.3 is 0 Å². The third-order valence-electron chi connectivity index (χ3n) is 6.06. The molecule has 0 amide bonds. The van der Waals surface area contributed by atoms with E-state index < -0.39 is 0 Å². The van der Waals surface area contributed by atoms with E-state index in [1.807, 2.05) is 59.5 Å². The Morgan fingerprint density at radius 1 is 0.784 bits per heavy atom. The van der Waals surface area contributed by atoms with Crippen molar-refractivity contribution in [2.45, 2.75) is 6.54 Å². The fourth-order valence-corrected chi connectivity index (χ4v) is 4.31. The number of nitrogens with one attached hydrogen (secondary N) is 1. The van der Waals surface area contributed by atoms with Gasteiger partial charge in [0, 0.05) is 31.0 Å². The molecule has 0 bridgehead atoms. The van der Waals surface area contributed by atoms with Crippen molar-refractivity contribution in [3.8, 4) is 22.5 Å². The molecule has 0 aliphatic heterocycles. The first kappa shape index (κ1) is 24.3. The number of benzene rings is 2. The normalized spacial score (nSPS) is 11.0. The Bertz CT molecular complexity index is 1460. The average molecular weight is 493 g/mol. The lowest BCUT2D eigenvalue weighted by Gasteiger charge is -2.23. The molecule has 3 N–H and O–H groups in total. The number of aliphatic hydroxyl groups excluding tert-OH is 2. The van der Waals surface area contributed by atoms with Gasteiger partial charge in [0.2, 0.25) is 0 Å². The second-order valence-electron chi connectivity index (χ2n) is 8.50. The summed E-state index contributed by atoms with van der Waals surface area (Å²) >= 11 is 0. The van der Waals surface area contributed by atoms with Crippen LogP contribution in [0.4, 0.5) is 11.5 Å². The van der Waals surface area contributed by atoms with E-state index in [9.17, 15) is 10.2 Å². The van der Waals surface area contributed by atoms with E-state index in [1.165, 1.54) is 0 Å². The van der Waals surface area contributed by atoms with Gasteiger partial charge in [-0.3, -0.25) is 9.97 Å². The molecule has 5 aromatic rings. The predicted molar refractivity (Wildman–Crippen MR) is 146 cm³/mol. The summed E-state index contributed by atoms with van der Waals surface area (Å²) in [5, 5.41) is 23.3. The maximum Gasteiger partial charge on any atom is 0.163 e. The van der Waals surface area contributed by atoms with Gasteiger partial charge in [-0.15, -0.1) is 0 Å². The standard InChI is InChI=1S/C29H28N6O2/c36-15-13-35(14-16-37)24-17-22(18-30-20-24)28-33-26-11-6-10-25(21-7-2-1-3-8-21)27(26)29(34-28)32-19-23-9-4-5-12-31-23/h1-12,17-18,20,36-37H,13-16,19H2,(H,32,33,34). The van der Waals surface area contributed by atoms with Gasteiger partial charge in [-0.2, -0.15) is 0 Å². The van der Waals surface area contributed by atoms with Gasteiger partial charge in [0.15, 0.2) is 5.82 Å². The molecular formula is C29H28N6O2. The average Bonchev–Trinajstić information content (AvgIpc) is 2.96. The van der Waals surface area contributed by atoms with Crippen molar-refractivity contribution in [3.05, 3.63) is 97.1 Å². The number of hydrogen-bond donors (Lipinski definition) is 3. The largest absolute Gasteiger partial charge is 0.395 e. The summed E-state index contributed by atoms with van der Waals surface area (Å²) in [7, 11) is 0. The highest BCUT2D eigenvalue weighted by molar-refractivity contribution is 6.02. The molecule has 0 saturated heterocycles. The topological polar surface area (TPSA) is 107 Å². The quantitative estimate of drug-likeness (QED) is 0.267. The molecule has 0 aliphatic carbocycles. The minimum absolute atomic E-state index is 0.0272. The van der Waals surface area contributed by atoms with Crippen LogP contribution in [0.25, 0.3) is 33.4 Å². The lowest BCUT2D eigenvalue weighted by Crippen LogP contribution is -2.29. The maximum absolute atomic E-state index is 9.46. The number of pyridine rings is 2. The van der Waals surface area contributed by atoms with Crippen LogP contribution in [0.2, 0.25) is 0 Å². The van der Waals surface area contributed by atoms with Crippen LogP contribution in [0.15, 0.2) is 91.4 Å². The molecule has 0 fully saturated rings. The molecule has 8 heteroatoms. The van der Waals surface area contributed by atoms with Gasteiger partial charge in [-0.1, -0.05) is 48.5 Å². The first-order valence-corrected chi connectivity index (χ1v) is 12.2. The number of fused-ring (bicyclic) bond motifs is 1.